The molecule has 3 rings (SSSR count). The van der Waals surface area contributed by atoms with Crippen molar-refractivity contribution < 1.29 is 4.79 Å². The maximum Gasteiger partial charge on any atom is 0.187 e. The number of allylic oxidation sites excluding steroid dienone is 1. The van der Waals surface area contributed by atoms with Crippen molar-refractivity contribution >= 4 is 23.5 Å². The van der Waals surface area contributed by atoms with Gasteiger partial charge in [0.2, 0.25) is 0 Å². The highest BCUT2D eigenvalue weighted by Crippen LogP contribution is 2.24. The Labute approximate surface area is 152 Å². The van der Waals surface area contributed by atoms with Gasteiger partial charge in [0.1, 0.15) is 0 Å². The average Bonchev–Trinajstić information content (AvgIpc) is 2.63. The van der Waals surface area contributed by atoms with E-state index in [4.69, 9.17) is 11.6 Å². The summed E-state index contributed by atoms with van der Waals surface area (Å²) in [5, 5.41) is 0.620. The molecule has 3 aromatic rings. The Balaban J connectivity index is 1.81. The Morgan fingerprint density at radius 2 is 1.80 bits per heavy atom. The van der Waals surface area contributed by atoms with Crippen LogP contribution in [0.2, 0.25) is 5.02 Å². The lowest BCUT2D eigenvalue weighted by molar-refractivity contribution is 0.104. The minimum atomic E-state index is -0.0973. The second-order valence-electron chi connectivity index (χ2n) is 5.90. The van der Waals surface area contributed by atoms with E-state index >= 15 is 0 Å². The molecule has 3 heteroatoms. The fraction of sp³-hybridized carbons (Fsp3) is 0.0909. The van der Waals surface area contributed by atoms with Crippen molar-refractivity contribution in [2.45, 2.75) is 13.8 Å². The van der Waals surface area contributed by atoms with Crippen LogP contribution < -0.4 is 0 Å². The van der Waals surface area contributed by atoms with E-state index in [1.807, 2.05) is 42.5 Å². The molecule has 124 valence electrons. The summed E-state index contributed by atoms with van der Waals surface area (Å²) in [6.07, 6.45) is 4.87. The molecule has 0 radical (unpaired) electrons. The van der Waals surface area contributed by atoms with Crippen molar-refractivity contribution in [3.63, 3.8) is 0 Å². The summed E-state index contributed by atoms with van der Waals surface area (Å²) in [4.78, 5) is 16.8. The van der Waals surface area contributed by atoms with Gasteiger partial charge in [0.05, 0.1) is 5.69 Å². The van der Waals surface area contributed by atoms with Gasteiger partial charge in [0.25, 0.3) is 0 Å². The van der Waals surface area contributed by atoms with Gasteiger partial charge in [-0.15, -0.1) is 0 Å². The molecular formula is C22H18ClNO. The molecule has 0 aliphatic rings. The lowest BCUT2D eigenvalue weighted by atomic mass is 10.00. The Morgan fingerprint density at radius 3 is 2.52 bits per heavy atom. The van der Waals surface area contributed by atoms with Crippen LogP contribution in [0.15, 0.2) is 66.9 Å². The molecule has 0 atom stereocenters. The summed E-state index contributed by atoms with van der Waals surface area (Å²) in [5.74, 6) is -0.0973. The molecule has 0 amide bonds. The summed E-state index contributed by atoms with van der Waals surface area (Å²) in [6.45, 7) is 4.16. The molecule has 0 N–H and O–H groups in total. The zero-order valence-electron chi connectivity index (χ0n) is 14.2. The minimum absolute atomic E-state index is 0.0973. The quantitative estimate of drug-likeness (QED) is 0.433. The topological polar surface area (TPSA) is 30.0 Å². The molecule has 1 heterocycles. The van der Waals surface area contributed by atoms with Gasteiger partial charge in [0, 0.05) is 22.3 Å². The summed E-state index contributed by atoms with van der Waals surface area (Å²) >= 11 is 6.09. The lowest BCUT2D eigenvalue weighted by Crippen LogP contribution is -1.97. The van der Waals surface area contributed by atoms with Crippen LogP contribution in [0.4, 0.5) is 0 Å². The first kappa shape index (κ1) is 17.1. The fourth-order valence-corrected chi connectivity index (χ4v) is 2.80. The minimum Gasteiger partial charge on any atom is -0.289 e. The molecule has 0 fully saturated rings. The van der Waals surface area contributed by atoms with E-state index in [9.17, 15) is 4.79 Å². The van der Waals surface area contributed by atoms with Crippen molar-refractivity contribution in [3.05, 3.63) is 94.1 Å². The monoisotopic (exact) mass is 347 g/mol. The second-order valence-corrected chi connectivity index (χ2v) is 6.31. The number of hydrogen-bond acceptors (Lipinski definition) is 2. The number of aryl methyl sites for hydroxylation is 1. The molecule has 25 heavy (non-hydrogen) atoms. The Kier molecular flexibility index (Phi) is 5.11. The van der Waals surface area contributed by atoms with Crippen LogP contribution in [-0.4, -0.2) is 10.8 Å². The second kappa shape index (κ2) is 7.45. The van der Waals surface area contributed by atoms with Gasteiger partial charge < -0.3 is 0 Å². The van der Waals surface area contributed by atoms with Gasteiger partial charge in [-0.2, -0.15) is 0 Å². The van der Waals surface area contributed by atoms with Crippen molar-refractivity contribution in [1.29, 1.82) is 0 Å². The first-order valence-corrected chi connectivity index (χ1v) is 8.43. The van der Waals surface area contributed by atoms with E-state index in [-0.39, 0.29) is 5.78 Å². The number of nitrogens with zero attached hydrogens (tertiary/aromatic N) is 1. The van der Waals surface area contributed by atoms with E-state index in [1.165, 1.54) is 17.2 Å². The van der Waals surface area contributed by atoms with Gasteiger partial charge in [-0.1, -0.05) is 48.0 Å². The van der Waals surface area contributed by atoms with Gasteiger partial charge in [-0.25, -0.2) is 0 Å². The smallest absolute Gasteiger partial charge is 0.187 e. The number of pyridine rings is 1. The first-order valence-electron chi connectivity index (χ1n) is 8.06. The lowest BCUT2D eigenvalue weighted by Gasteiger charge is -2.08. The van der Waals surface area contributed by atoms with E-state index in [0.29, 0.717) is 10.6 Å². The predicted octanol–water partition coefficient (Wildman–Crippen LogP) is 5.91. The predicted molar refractivity (Wildman–Crippen MR) is 104 cm³/mol. The average molecular weight is 348 g/mol. The Bertz CT molecular complexity index is 942. The Morgan fingerprint density at radius 1 is 1.00 bits per heavy atom. The standard InChI is InChI=1S/C22H18ClNO/c1-15-6-5-8-19(16(15)2)21-12-10-18(14-24-21)22(25)13-11-17-7-3-4-9-20(17)23/h3-14H,1-2H3/b13-11+. The van der Waals surface area contributed by atoms with Gasteiger partial charge in [-0.3, -0.25) is 9.78 Å². The fourth-order valence-electron chi connectivity index (χ4n) is 2.60. The maximum atomic E-state index is 12.3. The molecule has 0 unspecified atom stereocenters. The highest BCUT2D eigenvalue weighted by Gasteiger charge is 2.07. The van der Waals surface area contributed by atoms with Crippen LogP contribution in [0.3, 0.4) is 0 Å². The van der Waals surface area contributed by atoms with Crippen LogP contribution in [0.25, 0.3) is 17.3 Å². The van der Waals surface area contributed by atoms with Crippen molar-refractivity contribution in [1.82, 2.24) is 4.98 Å². The number of ketones is 1. The van der Waals surface area contributed by atoms with E-state index in [2.05, 4.69) is 24.9 Å². The number of benzene rings is 2. The maximum absolute atomic E-state index is 12.3. The van der Waals surface area contributed by atoms with E-state index in [1.54, 1.807) is 18.3 Å². The zero-order chi connectivity index (χ0) is 17.8. The molecule has 0 aliphatic heterocycles. The van der Waals surface area contributed by atoms with Crippen molar-refractivity contribution in [2.75, 3.05) is 0 Å². The zero-order valence-corrected chi connectivity index (χ0v) is 14.9. The molecule has 0 spiro atoms. The van der Waals surface area contributed by atoms with Gasteiger partial charge >= 0.3 is 0 Å². The molecular weight excluding hydrogens is 330 g/mol. The number of aromatic nitrogens is 1. The van der Waals surface area contributed by atoms with Crippen LogP contribution in [0.1, 0.15) is 27.0 Å². The summed E-state index contributed by atoms with van der Waals surface area (Å²) in [7, 11) is 0. The van der Waals surface area contributed by atoms with Crippen LogP contribution in [0.5, 0.6) is 0 Å². The normalized spacial score (nSPS) is 11.0. The highest BCUT2D eigenvalue weighted by molar-refractivity contribution is 6.32. The van der Waals surface area contributed by atoms with E-state index < -0.39 is 0 Å². The number of carbonyl (C=O) groups is 1. The third kappa shape index (κ3) is 3.86. The van der Waals surface area contributed by atoms with E-state index in [0.717, 1.165) is 16.8 Å². The molecule has 0 saturated heterocycles. The largest absolute Gasteiger partial charge is 0.289 e. The van der Waals surface area contributed by atoms with Crippen LogP contribution in [-0.2, 0) is 0 Å². The molecule has 1 aromatic heterocycles. The van der Waals surface area contributed by atoms with Crippen LogP contribution >= 0.6 is 11.6 Å². The molecule has 0 bridgehead atoms. The van der Waals surface area contributed by atoms with Crippen molar-refractivity contribution in [2.24, 2.45) is 0 Å². The Hall–Kier alpha value is -2.71. The summed E-state index contributed by atoms with van der Waals surface area (Å²) < 4.78 is 0. The SMILES string of the molecule is Cc1cccc(-c2ccc(C(=O)/C=C/c3ccccc3Cl)cn2)c1C. The number of hydrogen-bond donors (Lipinski definition) is 0. The number of carbonyl (C=O) groups excluding carboxylic acids is 1. The third-order valence-electron chi connectivity index (χ3n) is 4.25. The first-order chi connectivity index (χ1) is 12.1. The third-order valence-corrected chi connectivity index (χ3v) is 4.59. The molecule has 2 nitrogen and oxygen atoms in total. The highest BCUT2D eigenvalue weighted by atomic mass is 35.5. The molecule has 0 aliphatic carbocycles. The summed E-state index contributed by atoms with van der Waals surface area (Å²) in [5.41, 5.74) is 5.75. The summed E-state index contributed by atoms with van der Waals surface area (Å²) in [6, 6.07) is 17.3. The van der Waals surface area contributed by atoms with Gasteiger partial charge in [-0.05, 0) is 60.9 Å². The molecule has 0 saturated carbocycles. The molecule has 2 aromatic carbocycles. The van der Waals surface area contributed by atoms with Crippen LogP contribution in [0, 0.1) is 13.8 Å². The number of halogens is 1. The van der Waals surface area contributed by atoms with Gasteiger partial charge in [0.15, 0.2) is 5.78 Å². The van der Waals surface area contributed by atoms with Crippen molar-refractivity contribution in [3.8, 4) is 11.3 Å². The number of rotatable bonds is 4.